The summed E-state index contributed by atoms with van der Waals surface area (Å²) in [5, 5.41) is 10.6. The molecule has 0 bridgehead atoms. The van der Waals surface area contributed by atoms with Crippen LogP contribution in [0.4, 0.5) is 5.88 Å². The number of amides is 1. The van der Waals surface area contributed by atoms with Crippen LogP contribution < -0.4 is 0 Å². The van der Waals surface area contributed by atoms with Gasteiger partial charge in [0, 0.05) is 19.2 Å². The highest BCUT2D eigenvalue weighted by Gasteiger charge is 2.26. The molecule has 0 aliphatic carbocycles. The van der Waals surface area contributed by atoms with E-state index in [1.165, 1.54) is 30.7 Å². The molecule has 0 N–H and O–H groups in total. The lowest BCUT2D eigenvalue weighted by Crippen LogP contribution is -2.42. The molecular formula is C19H18N2O6. The van der Waals surface area contributed by atoms with Crippen LogP contribution in [0.3, 0.4) is 0 Å². The van der Waals surface area contributed by atoms with Crippen LogP contribution in [-0.4, -0.2) is 34.3 Å². The Morgan fingerprint density at radius 1 is 1.26 bits per heavy atom. The normalized spacial score (nSPS) is 14.6. The fourth-order valence-electron chi connectivity index (χ4n) is 2.88. The summed E-state index contributed by atoms with van der Waals surface area (Å²) in [5.41, 5.74) is 2.32. The fourth-order valence-corrected chi connectivity index (χ4v) is 2.88. The third-order valence-corrected chi connectivity index (χ3v) is 4.26. The van der Waals surface area contributed by atoms with Gasteiger partial charge >= 0.3 is 11.9 Å². The maximum atomic E-state index is 12.5. The van der Waals surface area contributed by atoms with E-state index < -0.39 is 22.9 Å². The standard InChI is InChI=1S/C19H18N2O6/c1-13(19(23)20-11-10-14-4-2-3-5-15(14)12-20)26-18(22)9-7-16-6-8-17(27-16)21(24)25/h2-9,13H,10-12H2,1H3/b9-7+/t13-/m0/s1. The van der Waals surface area contributed by atoms with Gasteiger partial charge in [-0.05, 0) is 36.6 Å². The molecule has 8 heteroatoms. The number of hydrogen-bond donors (Lipinski definition) is 0. The molecule has 1 aliphatic rings. The van der Waals surface area contributed by atoms with E-state index in [1.807, 2.05) is 24.3 Å². The number of esters is 1. The zero-order valence-corrected chi connectivity index (χ0v) is 14.7. The van der Waals surface area contributed by atoms with Gasteiger partial charge in [0.2, 0.25) is 0 Å². The number of carbonyl (C=O) groups is 2. The number of benzene rings is 1. The van der Waals surface area contributed by atoms with Crippen LogP contribution >= 0.6 is 0 Å². The van der Waals surface area contributed by atoms with Crippen molar-refractivity contribution in [3.8, 4) is 0 Å². The van der Waals surface area contributed by atoms with Crippen LogP contribution in [-0.2, 0) is 27.3 Å². The molecule has 0 fully saturated rings. The highest BCUT2D eigenvalue weighted by Crippen LogP contribution is 2.20. The van der Waals surface area contributed by atoms with Crippen molar-refractivity contribution < 1.29 is 23.7 Å². The number of fused-ring (bicyclic) bond motifs is 1. The molecule has 1 amide bonds. The van der Waals surface area contributed by atoms with Crippen molar-refractivity contribution in [2.45, 2.75) is 26.0 Å². The Hall–Kier alpha value is -3.42. The zero-order chi connectivity index (χ0) is 19.4. The molecule has 0 unspecified atom stereocenters. The fraction of sp³-hybridized carbons (Fsp3) is 0.263. The molecule has 27 heavy (non-hydrogen) atoms. The van der Waals surface area contributed by atoms with Gasteiger partial charge in [-0.15, -0.1) is 0 Å². The molecule has 140 valence electrons. The Morgan fingerprint density at radius 3 is 2.70 bits per heavy atom. The first-order valence-electron chi connectivity index (χ1n) is 8.42. The summed E-state index contributed by atoms with van der Waals surface area (Å²) in [6, 6.07) is 10.5. The molecule has 0 radical (unpaired) electrons. The van der Waals surface area contributed by atoms with Crippen LogP contribution in [0.2, 0.25) is 0 Å². The van der Waals surface area contributed by atoms with E-state index in [0.29, 0.717) is 13.1 Å². The summed E-state index contributed by atoms with van der Waals surface area (Å²) in [6.07, 6.45) is 2.15. The lowest BCUT2D eigenvalue weighted by atomic mass is 9.99. The number of nitrogens with zero attached hydrogens (tertiary/aromatic N) is 2. The molecular weight excluding hydrogens is 352 g/mol. The SMILES string of the molecule is C[C@H](OC(=O)/C=C/c1ccc([N+](=O)[O-])o1)C(=O)N1CCc2ccccc2C1. The van der Waals surface area contributed by atoms with Crippen molar-refractivity contribution in [2.24, 2.45) is 0 Å². The molecule has 0 saturated carbocycles. The van der Waals surface area contributed by atoms with Gasteiger partial charge in [-0.25, -0.2) is 4.79 Å². The zero-order valence-electron chi connectivity index (χ0n) is 14.7. The van der Waals surface area contributed by atoms with Gasteiger partial charge in [0.05, 0.1) is 6.07 Å². The number of carbonyl (C=O) groups excluding carboxylic acids is 2. The Labute approximate surface area is 155 Å². The second-order valence-corrected chi connectivity index (χ2v) is 6.12. The average molecular weight is 370 g/mol. The summed E-state index contributed by atoms with van der Waals surface area (Å²) >= 11 is 0. The quantitative estimate of drug-likeness (QED) is 0.347. The third kappa shape index (κ3) is 4.41. The van der Waals surface area contributed by atoms with E-state index in [9.17, 15) is 19.7 Å². The second-order valence-electron chi connectivity index (χ2n) is 6.12. The molecule has 8 nitrogen and oxygen atoms in total. The first-order chi connectivity index (χ1) is 12.9. The van der Waals surface area contributed by atoms with Crippen molar-refractivity contribution in [1.29, 1.82) is 0 Å². The maximum absolute atomic E-state index is 12.5. The van der Waals surface area contributed by atoms with Crippen molar-refractivity contribution >= 4 is 23.8 Å². The molecule has 3 rings (SSSR count). The van der Waals surface area contributed by atoms with Crippen molar-refractivity contribution in [3.05, 3.63) is 69.5 Å². The highest BCUT2D eigenvalue weighted by atomic mass is 16.6. The van der Waals surface area contributed by atoms with Gasteiger partial charge in [0.15, 0.2) is 6.10 Å². The van der Waals surface area contributed by atoms with E-state index in [1.54, 1.807) is 4.90 Å². The minimum absolute atomic E-state index is 0.144. The Bertz CT molecular complexity index is 901. The highest BCUT2D eigenvalue weighted by molar-refractivity contribution is 5.90. The van der Waals surface area contributed by atoms with Gasteiger partial charge in [-0.2, -0.15) is 0 Å². The number of ether oxygens (including phenoxy) is 1. The summed E-state index contributed by atoms with van der Waals surface area (Å²) in [4.78, 5) is 36.0. The van der Waals surface area contributed by atoms with Crippen molar-refractivity contribution in [3.63, 3.8) is 0 Å². The number of hydrogen-bond acceptors (Lipinski definition) is 6. The van der Waals surface area contributed by atoms with E-state index >= 15 is 0 Å². The van der Waals surface area contributed by atoms with Crippen LogP contribution in [0.15, 0.2) is 46.9 Å². The summed E-state index contributed by atoms with van der Waals surface area (Å²) in [5.74, 6) is -1.27. The molecule has 0 spiro atoms. The summed E-state index contributed by atoms with van der Waals surface area (Å²) in [7, 11) is 0. The number of nitro groups is 1. The third-order valence-electron chi connectivity index (χ3n) is 4.26. The van der Waals surface area contributed by atoms with Gasteiger partial charge in [0.1, 0.15) is 10.7 Å². The van der Waals surface area contributed by atoms with Gasteiger partial charge in [-0.1, -0.05) is 24.3 Å². The van der Waals surface area contributed by atoms with E-state index in [0.717, 1.165) is 18.1 Å². The molecule has 1 aromatic heterocycles. The molecule has 2 aromatic rings. The summed E-state index contributed by atoms with van der Waals surface area (Å²) in [6.45, 7) is 2.58. The Kier molecular flexibility index (Phi) is 5.35. The molecule has 2 heterocycles. The predicted molar refractivity (Wildman–Crippen MR) is 95.5 cm³/mol. The lowest BCUT2D eigenvalue weighted by Gasteiger charge is -2.30. The van der Waals surface area contributed by atoms with Crippen molar-refractivity contribution in [1.82, 2.24) is 4.90 Å². The topological polar surface area (TPSA) is 103 Å². The van der Waals surface area contributed by atoms with E-state index in [4.69, 9.17) is 9.15 Å². The summed E-state index contributed by atoms with van der Waals surface area (Å²) < 4.78 is 10.0. The first kappa shape index (κ1) is 18.4. The van der Waals surface area contributed by atoms with E-state index in [-0.39, 0.29) is 11.7 Å². The molecule has 1 aromatic carbocycles. The minimum atomic E-state index is -0.932. The van der Waals surface area contributed by atoms with Crippen LogP contribution in [0.1, 0.15) is 23.8 Å². The average Bonchev–Trinajstić information content (AvgIpc) is 3.15. The van der Waals surface area contributed by atoms with Gasteiger partial charge < -0.3 is 14.1 Å². The molecule has 0 saturated heterocycles. The van der Waals surface area contributed by atoms with Crippen LogP contribution in [0, 0.1) is 10.1 Å². The number of rotatable bonds is 5. The Balaban J connectivity index is 1.55. The molecule has 1 aliphatic heterocycles. The predicted octanol–water partition coefficient (Wildman–Crippen LogP) is 2.72. The number of furan rings is 1. The van der Waals surface area contributed by atoms with E-state index in [2.05, 4.69) is 0 Å². The van der Waals surface area contributed by atoms with Crippen molar-refractivity contribution in [2.75, 3.05) is 6.54 Å². The van der Waals surface area contributed by atoms with Crippen LogP contribution in [0.25, 0.3) is 6.08 Å². The van der Waals surface area contributed by atoms with Gasteiger partial charge in [-0.3, -0.25) is 14.9 Å². The lowest BCUT2D eigenvalue weighted by molar-refractivity contribution is -0.402. The largest absolute Gasteiger partial charge is 0.449 e. The van der Waals surface area contributed by atoms with Crippen LogP contribution in [0.5, 0.6) is 0 Å². The Morgan fingerprint density at radius 2 is 2.00 bits per heavy atom. The smallest absolute Gasteiger partial charge is 0.433 e. The minimum Gasteiger partial charge on any atom is -0.449 e. The van der Waals surface area contributed by atoms with Gasteiger partial charge in [0.25, 0.3) is 5.91 Å². The first-order valence-corrected chi connectivity index (χ1v) is 8.42. The second kappa shape index (κ2) is 7.86. The monoisotopic (exact) mass is 370 g/mol. The molecule has 1 atom stereocenters. The maximum Gasteiger partial charge on any atom is 0.433 e.